The van der Waals surface area contributed by atoms with Gasteiger partial charge in [-0.2, -0.15) is 0 Å². The number of benzene rings is 2. The summed E-state index contributed by atoms with van der Waals surface area (Å²) in [6, 6.07) is 14.9. The lowest BCUT2D eigenvalue weighted by Gasteiger charge is -2.09. The van der Waals surface area contributed by atoms with Crippen LogP contribution in [0.4, 0.5) is 0 Å². The van der Waals surface area contributed by atoms with Crippen molar-refractivity contribution in [3.63, 3.8) is 0 Å². The highest BCUT2D eigenvalue weighted by Gasteiger charge is 2.23. The van der Waals surface area contributed by atoms with Crippen molar-refractivity contribution >= 4 is 11.0 Å². The van der Waals surface area contributed by atoms with Crippen LogP contribution in [0.5, 0.6) is 5.75 Å². The van der Waals surface area contributed by atoms with Crippen LogP contribution in [0.1, 0.15) is 5.76 Å². The Labute approximate surface area is 133 Å². The highest BCUT2D eigenvalue weighted by atomic mass is 16.6. The second-order valence-electron chi connectivity index (χ2n) is 5.65. The first kappa shape index (κ1) is 14.0. The maximum absolute atomic E-state index is 12.8. The molecule has 0 N–H and O–H groups in total. The van der Waals surface area contributed by atoms with E-state index in [2.05, 4.69) is 0 Å². The first-order chi connectivity index (χ1) is 11.2. The zero-order valence-electron chi connectivity index (χ0n) is 12.7. The fourth-order valence-corrected chi connectivity index (χ4v) is 2.67. The van der Waals surface area contributed by atoms with Gasteiger partial charge in [0.2, 0.25) is 5.43 Å². The molecule has 0 amide bonds. The largest absolute Gasteiger partial charge is 0.491 e. The van der Waals surface area contributed by atoms with E-state index in [-0.39, 0.29) is 11.5 Å². The second-order valence-corrected chi connectivity index (χ2v) is 5.65. The molecule has 1 aliphatic heterocycles. The fraction of sp³-hybridized carbons (Fsp3) is 0.211. The van der Waals surface area contributed by atoms with Gasteiger partial charge in [0.25, 0.3) is 0 Å². The van der Waals surface area contributed by atoms with Gasteiger partial charge in [0.15, 0.2) is 0 Å². The summed E-state index contributed by atoms with van der Waals surface area (Å²) in [5, 5.41) is 0.560. The van der Waals surface area contributed by atoms with Gasteiger partial charge in [0, 0.05) is 6.07 Å². The molecular weight excluding hydrogens is 292 g/mol. The van der Waals surface area contributed by atoms with Crippen molar-refractivity contribution in [3.05, 3.63) is 64.5 Å². The predicted octanol–water partition coefficient (Wildman–Crippen LogP) is 3.55. The van der Waals surface area contributed by atoms with Gasteiger partial charge in [-0.15, -0.1) is 0 Å². The van der Waals surface area contributed by atoms with E-state index in [1.807, 2.05) is 37.3 Å². The summed E-state index contributed by atoms with van der Waals surface area (Å²) in [5.41, 5.74) is 2.00. The Morgan fingerprint density at radius 1 is 1.17 bits per heavy atom. The van der Waals surface area contributed by atoms with Crippen molar-refractivity contribution in [2.24, 2.45) is 0 Å². The minimum Gasteiger partial charge on any atom is -0.491 e. The molecule has 2 aromatic carbocycles. The van der Waals surface area contributed by atoms with E-state index >= 15 is 0 Å². The normalized spacial score (nSPS) is 16.5. The Balaban J connectivity index is 1.79. The maximum Gasteiger partial charge on any atom is 0.200 e. The number of aryl methyl sites for hydroxylation is 1. The van der Waals surface area contributed by atoms with Gasteiger partial charge in [-0.1, -0.05) is 30.3 Å². The Morgan fingerprint density at radius 3 is 2.70 bits per heavy atom. The summed E-state index contributed by atoms with van der Waals surface area (Å²) >= 11 is 0. The van der Waals surface area contributed by atoms with E-state index in [1.165, 1.54) is 0 Å². The molecule has 0 saturated carbocycles. The molecular formula is C19H16O4. The summed E-state index contributed by atoms with van der Waals surface area (Å²) in [6.07, 6.45) is 0.194. The van der Waals surface area contributed by atoms with Gasteiger partial charge in [-0.05, 0) is 24.6 Å². The molecule has 0 bridgehead atoms. The average molecular weight is 308 g/mol. The molecule has 0 radical (unpaired) electrons. The number of rotatable bonds is 4. The molecule has 3 aromatic rings. The summed E-state index contributed by atoms with van der Waals surface area (Å²) in [4.78, 5) is 12.8. The molecule has 1 aromatic heterocycles. The molecule has 4 nitrogen and oxygen atoms in total. The molecule has 116 valence electrons. The van der Waals surface area contributed by atoms with E-state index in [0.717, 1.165) is 12.2 Å². The van der Waals surface area contributed by atoms with Crippen LogP contribution in [0.2, 0.25) is 0 Å². The third kappa shape index (κ3) is 2.73. The summed E-state index contributed by atoms with van der Waals surface area (Å²) < 4.78 is 16.6. The van der Waals surface area contributed by atoms with Crippen LogP contribution in [0.25, 0.3) is 22.1 Å². The van der Waals surface area contributed by atoms with Gasteiger partial charge in [0.1, 0.15) is 29.8 Å². The molecule has 4 rings (SSSR count). The SMILES string of the molecule is Cc1oc2cc(OCC3CO3)ccc2c(=O)c1-c1ccccc1. The van der Waals surface area contributed by atoms with Crippen LogP contribution in [0.3, 0.4) is 0 Å². The molecule has 1 atom stereocenters. The van der Waals surface area contributed by atoms with Crippen LogP contribution >= 0.6 is 0 Å². The Kier molecular flexibility index (Phi) is 3.39. The van der Waals surface area contributed by atoms with E-state index in [4.69, 9.17) is 13.9 Å². The number of epoxide rings is 1. The molecule has 0 aliphatic carbocycles. The van der Waals surface area contributed by atoms with Crippen molar-refractivity contribution < 1.29 is 13.9 Å². The molecule has 1 unspecified atom stereocenters. The quantitative estimate of drug-likeness (QED) is 0.692. The molecule has 1 saturated heterocycles. The Bertz CT molecular complexity index is 908. The van der Waals surface area contributed by atoms with Crippen molar-refractivity contribution in [1.29, 1.82) is 0 Å². The van der Waals surface area contributed by atoms with Crippen LogP contribution in [-0.4, -0.2) is 19.3 Å². The zero-order valence-corrected chi connectivity index (χ0v) is 12.7. The van der Waals surface area contributed by atoms with Crippen molar-refractivity contribution in [2.45, 2.75) is 13.0 Å². The highest BCUT2D eigenvalue weighted by Crippen LogP contribution is 2.26. The van der Waals surface area contributed by atoms with Gasteiger partial charge in [-0.3, -0.25) is 4.79 Å². The minimum absolute atomic E-state index is 0.0213. The molecule has 1 fully saturated rings. The van der Waals surface area contributed by atoms with Gasteiger partial charge >= 0.3 is 0 Å². The standard InChI is InChI=1S/C19H16O4/c1-12-18(13-5-3-2-4-6-13)19(20)16-8-7-14(9-17(16)23-12)21-10-15-11-22-15/h2-9,15H,10-11H2,1H3. The molecule has 4 heteroatoms. The number of fused-ring (bicyclic) bond motifs is 1. The summed E-state index contributed by atoms with van der Waals surface area (Å²) in [7, 11) is 0. The fourth-order valence-electron chi connectivity index (χ4n) is 2.67. The zero-order chi connectivity index (χ0) is 15.8. The first-order valence-electron chi connectivity index (χ1n) is 7.59. The molecule has 2 heterocycles. The average Bonchev–Trinajstić information content (AvgIpc) is 3.38. The molecule has 1 aliphatic rings. The van der Waals surface area contributed by atoms with Crippen molar-refractivity contribution in [3.8, 4) is 16.9 Å². The van der Waals surface area contributed by atoms with Crippen LogP contribution in [0, 0.1) is 6.92 Å². The lowest BCUT2D eigenvalue weighted by molar-refractivity contribution is 0.263. The molecule has 0 spiro atoms. The maximum atomic E-state index is 12.8. The van der Waals surface area contributed by atoms with Crippen LogP contribution in [0.15, 0.2) is 57.7 Å². The number of ether oxygens (including phenoxy) is 2. The van der Waals surface area contributed by atoms with Gasteiger partial charge < -0.3 is 13.9 Å². The monoisotopic (exact) mass is 308 g/mol. The summed E-state index contributed by atoms with van der Waals surface area (Å²) in [5.74, 6) is 1.29. The van der Waals surface area contributed by atoms with E-state index in [1.54, 1.807) is 18.2 Å². The van der Waals surface area contributed by atoms with E-state index < -0.39 is 0 Å². The van der Waals surface area contributed by atoms with E-state index in [9.17, 15) is 4.79 Å². The highest BCUT2D eigenvalue weighted by molar-refractivity contribution is 5.83. The smallest absolute Gasteiger partial charge is 0.200 e. The number of hydrogen-bond donors (Lipinski definition) is 0. The first-order valence-corrected chi connectivity index (χ1v) is 7.59. The Morgan fingerprint density at radius 2 is 1.96 bits per heavy atom. The summed E-state index contributed by atoms with van der Waals surface area (Å²) in [6.45, 7) is 3.09. The van der Waals surface area contributed by atoms with Crippen molar-refractivity contribution in [2.75, 3.05) is 13.2 Å². The third-order valence-corrected chi connectivity index (χ3v) is 3.94. The van der Waals surface area contributed by atoms with Gasteiger partial charge in [-0.25, -0.2) is 0 Å². The third-order valence-electron chi connectivity index (χ3n) is 3.94. The topological polar surface area (TPSA) is 52.0 Å². The Hall–Kier alpha value is -2.59. The van der Waals surface area contributed by atoms with Crippen molar-refractivity contribution in [1.82, 2.24) is 0 Å². The second kappa shape index (κ2) is 5.56. The lowest BCUT2D eigenvalue weighted by atomic mass is 10.0. The predicted molar refractivity (Wildman–Crippen MR) is 87.9 cm³/mol. The van der Waals surface area contributed by atoms with Crippen LogP contribution in [-0.2, 0) is 4.74 Å². The minimum atomic E-state index is -0.0213. The lowest BCUT2D eigenvalue weighted by Crippen LogP contribution is -2.08. The van der Waals surface area contributed by atoms with Gasteiger partial charge in [0.05, 0.1) is 17.6 Å². The van der Waals surface area contributed by atoms with Crippen LogP contribution < -0.4 is 10.2 Å². The number of hydrogen-bond acceptors (Lipinski definition) is 4. The van der Waals surface area contributed by atoms with E-state index in [0.29, 0.717) is 34.6 Å². The molecule has 23 heavy (non-hydrogen) atoms.